The van der Waals surface area contributed by atoms with Gasteiger partial charge < -0.3 is 10.5 Å². The molecule has 0 bridgehead atoms. The summed E-state index contributed by atoms with van der Waals surface area (Å²) in [6, 6.07) is 3.60. The van der Waals surface area contributed by atoms with Crippen molar-refractivity contribution in [3.05, 3.63) is 29.6 Å². The summed E-state index contributed by atoms with van der Waals surface area (Å²) in [5.41, 5.74) is 7.12. The highest BCUT2D eigenvalue weighted by atomic mass is 32.2. The first-order valence-corrected chi connectivity index (χ1v) is 10.8. The van der Waals surface area contributed by atoms with Crippen LogP contribution in [0.4, 0.5) is 0 Å². The van der Waals surface area contributed by atoms with Crippen LogP contribution in [0.2, 0.25) is 0 Å². The largest absolute Gasteiger partial charge is 0.469 e. The van der Waals surface area contributed by atoms with Crippen LogP contribution >= 0.6 is 0 Å². The van der Waals surface area contributed by atoms with Crippen LogP contribution in [0.3, 0.4) is 0 Å². The van der Waals surface area contributed by atoms with Crippen molar-refractivity contribution in [2.24, 2.45) is 5.73 Å². The fourth-order valence-corrected chi connectivity index (χ4v) is 3.38. The van der Waals surface area contributed by atoms with E-state index in [9.17, 15) is 13.8 Å². The Hall–Kier alpha value is -1.80. The van der Waals surface area contributed by atoms with Crippen molar-refractivity contribution in [3.8, 4) is 0 Å². The summed E-state index contributed by atoms with van der Waals surface area (Å²) in [4.78, 5) is 26.8. The van der Waals surface area contributed by atoms with Crippen molar-refractivity contribution in [1.29, 1.82) is 0 Å². The number of rotatable bonds is 12. The number of hydrogen-bond donors (Lipinski definition) is 2. The normalized spacial score (nSPS) is 13.7. The van der Waals surface area contributed by atoms with Crippen molar-refractivity contribution >= 4 is 22.9 Å². The van der Waals surface area contributed by atoms with Crippen molar-refractivity contribution < 1.29 is 18.5 Å². The molecule has 1 aromatic rings. The molecule has 0 saturated carbocycles. The first-order valence-electron chi connectivity index (χ1n) is 9.61. The van der Waals surface area contributed by atoms with Gasteiger partial charge in [-0.25, -0.2) is 8.93 Å². The number of nitrogens with one attached hydrogen (secondary N) is 1. The number of pyridine rings is 1. The van der Waals surface area contributed by atoms with Crippen LogP contribution in [0.15, 0.2) is 18.3 Å². The van der Waals surface area contributed by atoms with Gasteiger partial charge in [0.05, 0.1) is 34.6 Å². The molecule has 28 heavy (non-hydrogen) atoms. The fourth-order valence-electron chi connectivity index (χ4n) is 2.53. The highest BCUT2D eigenvalue weighted by Gasteiger charge is 2.24. The Kier molecular flexibility index (Phi) is 10.3. The van der Waals surface area contributed by atoms with E-state index in [2.05, 4.69) is 14.4 Å². The number of ether oxygens (including phenoxy) is 1. The molecule has 7 nitrogen and oxygen atoms in total. The molecule has 1 heterocycles. The van der Waals surface area contributed by atoms with E-state index in [1.165, 1.54) is 7.11 Å². The molecular weight excluding hydrogens is 378 g/mol. The topological polar surface area (TPSA) is 111 Å². The molecule has 0 aromatic carbocycles. The molecule has 0 aliphatic carbocycles. The Morgan fingerprint density at radius 3 is 2.46 bits per heavy atom. The summed E-state index contributed by atoms with van der Waals surface area (Å²) in [6.07, 6.45) is 6.51. The predicted octanol–water partition coefficient (Wildman–Crippen LogP) is 2.72. The van der Waals surface area contributed by atoms with E-state index in [1.54, 1.807) is 0 Å². The van der Waals surface area contributed by atoms with Gasteiger partial charge in [-0.05, 0) is 58.1 Å². The Morgan fingerprint density at radius 1 is 1.21 bits per heavy atom. The minimum absolute atomic E-state index is 0.173. The lowest BCUT2D eigenvalue weighted by molar-refractivity contribution is -0.140. The van der Waals surface area contributed by atoms with Gasteiger partial charge in [-0.15, -0.1) is 0 Å². The van der Waals surface area contributed by atoms with Gasteiger partial charge in [0.1, 0.15) is 0 Å². The first kappa shape index (κ1) is 24.2. The van der Waals surface area contributed by atoms with Gasteiger partial charge in [-0.1, -0.05) is 12.5 Å². The Balaban J connectivity index is 2.64. The fraction of sp³-hybridized carbons (Fsp3) is 0.650. The monoisotopic (exact) mass is 411 g/mol. The minimum atomic E-state index is -1.28. The quantitative estimate of drug-likeness (QED) is 0.406. The number of amides is 1. The SMILES string of the molecule is COC(=O)CCCCCc1ccc([C@H](CCC(N)=O)NS(=O)C(C)(C)C)nc1. The van der Waals surface area contributed by atoms with E-state index in [1.807, 2.05) is 39.1 Å². The maximum Gasteiger partial charge on any atom is 0.305 e. The van der Waals surface area contributed by atoms with Crippen molar-refractivity contribution in [2.45, 2.75) is 76.5 Å². The highest BCUT2D eigenvalue weighted by molar-refractivity contribution is 7.84. The highest BCUT2D eigenvalue weighted by Crippen LogP contribution is 2.21. The smallest absolute Gasteiger partial charge is 0.305 e. The Bertz CT molecular complexity index is 656. The molecule has 0 saturated heterocycles. The van der Waals surface area contributed by atoms with Gasteiger partial charge in [0, 0.05) is 19.0 Å². The van der Waals surface area contributed by atoms with Crippen LogP contribution < -0.4 is 10.5 Å². The van der Waals surface area contributed by atoms with Gasteiger partial charge in [0.25, 0.3) is 0 Å². The van der Waals surface area contributed by atoms with Crippen LogP contribution in [0.1, 0.15) is 76.6 Å². The molecule has 0 aliphatic rings. The number of primary amides is 1. The molecule has 0 aliphatic heterocycles. The molecule has 3 N–H and O–H groups in total. The van der Waals surface area contributed by atoms with E-state index in [0.717, 1.165) is 36.9 Å². The third-order valence-electron chi connectivity index (χ3n) is 4.26. The second-order valence-electron chi connectivity index (χ2n) is 7.78. The lowest BCUT2D eigenvalue weighted by Crippen LogP contribution is -2.36. The van der Waals surface area contributed by atoms with E-state index in [0.29, 0.717) is 12.8 Å². The predicted molar refractivity (Wildman–Crippen MR) is 111 cm³/mol. The summed E-state index contributed by atoms with van der Waals surface area (Å²) in [6.45, 7) is 5.66. The molecule has 0 spiro atoms. The Labute approximate surface area is 170 Å². The maximum absolute atomic E-state index is 12.5. The van der Waals surface area contributed by atoms with Gasteiger partial charge >= 0.3 is 5.97 Å². The zero-order valence-electron chi connectivity index (χ0n) is 17.3. The van der Waals surface area contributed by atoms with Crippen LogP contribution in [0.5, 0.6) is 0 Å². The zero-order chi connectivity index (χ0) is 21.2. The summed E-state index contributed by atoms with van der Waals surface area (Å²) < 4.78 is 19.7. The van der Waals surface area contributed by atoms with Crippen molar-refractivity contribution in [3.63, 3.8) is 0 Å². The number of hydrogen-bond acceptors (Lipinski definition) is 5. The third-order valence-corrected chi connectivity index (χ3v) is 5.87. The minimum Gasteiger partial charge on any atom is -0.469 e. The zero-order valence-corrected chi connectivity index (χ0v) is 18.1. The number of aryl methyl sites for hydroxylation is 1. The number of nitrogens with zero attached hydrogens (tertiary/aromatic N) is 1. The number of carbonyl (C=O) groups is 2. The molecule has 158 valence electrons. The lowest BCUT2D eigenvalue weighted by Gasteiger charge is -2.24. The molecule has 0 fully saturated rings. The maximum atomic E-state index is 12.5. The van der Waals surface area contributed by atoms with Gasteiger partial charge in [0.15, 0.2) is 0 Å². The Morgan fingerprint density at radius 2 is 1.93 bits per heavy atom. The molecule has 8 heteroatoms. The number of methoxy groups -OCH3 is 1. The number of unbranched alkanes of at least 4 members (excludes halogenated alkanes) is 2. The standard InChI is InChI=1S/C20H33N3O4S/c1-20(2,3)28(26)23-17(12-13-18(21)24)16-11-10-15(14-22-16)8-6-5-7-9-19(25)27-4/h10-11,14,17,23H,5-9,12-13H2,1-4H3,(H2,21,24)/t17-,28?/m0/s1. The summed E-state index contributed by atoms with van der Waals surface area (Å²) in [5, 5.41) is 0. The van der Waals surface area contributed by atoms with Gasteiger partial charge in [0.2, 0.25) is 5.91 Å². The van der Waals surface area contributed by atoms with Crippen molar-refractivity contribution in [1.82, 2.24) is 9.71 Å². The number of carbonyl (C=O) groups excluding carboxylic acids is 2. The average Bonchev–Trinajstić information content (AvgIpc) is 2.64. The van der Waals surface area contributed by atoms with E-state index >= 15 is 0 Å². The van der Waals surface area contributed by atoms with Crippen LogP contribution in [-0.4, -0.2) is 32.9 Å². The lowest BCUT2D eigenvalue weighted by atomic mass is 10.0. The summed E-state index contributed by atoms with van der Waals surface area (Å²) >= 11 is 0. The first-order chi connectivity index (χ1) is 13.1. The summed E-state index contributed by atoms with van der Waals surface area (Å²) in [7, 11) is 0.121. The number of aromatic nitrogens is 1. The van der Waals surface area contributed by atoms with Gasteiger partial charge in [-0.3, -0.25) is 14.6 Å². The average molecular weight is 412 g/mol. The van der Waals surface area contributed by atoms with Crippen LogP contribution in [0, 0.1) is 0 Å². The third kappa shape index (κ3) is 9.41. The van der Waals surface area contributed by atoms with Crippen LogP contribution in [-0.2, 0) is 31.7 Å². The van der Waals surface area contributed by atoms with E-state index < -0.39 is 21.6 Å². The molecular formula is C20H33N3O4S. The second-order valence-corrected chi connectivity index (χ2v) is 9.78. The van der Waals surface area contributed by atoms with Gasteiger partial charge in [-0.2, -0.15) is 0 Å². The molecule has 1 amide bonds. The number of nitrogens with two attached hydrogens (primary N) is 1. The molecule has 1 aromatic heterocycles. The van der Waals surface area contributed by atoms with E-state index in [-0.39, 0.29) is 18.4 Å². The van der Waals surface area contributed by atoms with Crippen molar-refractivity contribution in [2.75, 3.05) is 7.11 Å². The second kappa shape index (κ2) is 11.9. The molecule has 2 atom stereocenters. The number of esters is 1. The summed E-state index contributed by atoms with van der Waals surface area (Å²) in [5.74, 6) is -0.565. The molecule has 1 rings (SSSR count). The molecule has 1 unspecified atom stereocenters. The van der Waals surface area contributed by atoms with Crippen LogP contribution in [0.25, 0.3) is 0 Å². The van der Waals surface area contributed by atoms with E-state index in [4.69, 9.17) is 5.73 Å². The molecule has 0 radical (unpaired) electrons.